The standard InChI is InChI=1S/C11H14N6O3/c1-16-6-7(5-13-16)10-9(11(19)20-2)14-15-17(10)4-3-8(12)18/h5-6H,3-4H2,1-2H3,(H2,12,18). The molecule has 2 rings (SSSR count). The molecule has 0 fully saturated rings. The van der Waals surface area contributed by atoms with Gasteiger partial charge in [-0.25, -0.2) is 9.48 Å². The summed E-state index contributed by atoms with van der Waals surface area (Å²) in [5, 5.41) is 11.7. The van der Waals surface area contributed by atoms with Crippen LogP contribution in [-0.2, 0) is 23.1 Å². The summed E-state index contributed by atoms with van der Waals surface area (Å²) in [5.41, 5.74) is 6.30. The number of nitrogens with two attached hydrogens (primary N) is 1. The highest BCUT2D eigenvalue weighted by Gasteiger charge is 2.22. The molecule has 2 aromatic rings. The molecule has 2 heterocycles. The van der Waals surface area contributed by atoms with Crippen molar-refractivity contribution in [2.45, 2.75) is 13.0 Å². The molecular formula is C11H14N6O3. The molecule has 0 aliphatic heterocycles. The van der Waals surface area contributed by atoms with Crippen LogP contribution in [0.2, 0.25) is 0 Å². The number of carbonyl (C=O) groups is 2. The van der Waals surface area contributed by atoms with E-state index in [2.05, 4.69) is 20.1 Å². The maximum atomic E-state index is 11.7. The molecule has 9 nitrogen and oxygen atoms in total. The quantitative estimate of drug-likeness (QED) is 0.725. The summed E-state index contributed by atoms with van der Waals surface area (Å²) in [6.45, 7) is 0.226. The number of esters is 1. The number of aryl methyl sites for hydroxylation is 2. The van der Waals surface area contributed by atoms with Gasteiger partial charge >= 0.3 is 5.97 Å². The van der Waals surface area contributed by atoms with Crippen molar-refractivity contribution in [1.82, 2.24) is 24.8 Å². The summed E-state index contributed by atoms with van der Waals surface area (Å²) in [6.07, 6.45) is 3.38. The average Bonchev–Trinajstić information content (AvgIpc) is 3.01. The Labute approximate surface area is 114 Å². The van der Waals surface area contributed by atoms with Crippen LogP contribution in [0.25, 0.3) is 11.3 Å². The number of rotatable bonds is 5. The summed E-state index contributed by atoms with van der Waals surface area (Å²) in [7, 11) is 3.01. The minimum atomic E-state index is -0.603. The van der Waals surface area contributed by atoms with Gasteiger partial charge in [0.2, 0.25) is 5.91 Å². The van der Waals surface area contributed by atoms with Crippen LogP contribution in [0.1, 0.15) is 16.9 Å². The summed E-state index contributed by atoms with van der Waals surface area (Å²) in [4.78, 5) is 22.6. The van der Waals surface area contributed by atoms with Crippen LogP contribution in [0.15, 0.2) is 12.4 Å². The van der Waals surface area contributed by atoms with Crippen LogP contribution in [0.4, 0.5) is 0 Å². The Hall–Kier alpha value is -2.71. The molecule has 0 bridgehead atoms. The van der Waals surface area contributed by atoms with Crippen LogP contribution in [0.3, 0.4) is 0 Å². The summed E-state index contributed by atoms with van der Waals surface area (Å²) in [6, 6.07) is 0. The second kappa shape index (κ2) is 5.51. The molecule has 2 N–H and O–H groups in total. The smallest absolute Gasteiger partial charge is 0.360 e. The lowest BCUT2D eigenvalue weighted by atomic mass is 10.2. The molecule has 2 aromatic heterocycles. The fourth-order valence-electron chi connectivity index (χ4n) is 1.75. The van der Waals surface area contributed by atoms with Crippen molar-refractivity contribution >= 4 is 11.9 Å². The number of hydrogen-bond acceptors (Lipinski definition) is 6. The molecule has 0 spiro atoms. The van der Waals surface area contributed by atoms with E-state index in [1.54, 1.807) is 24.1 Å². The van der Waals surface area contributed by atoms with E-state index in [4.69, 9.17) is 5.73 Å². The molecule has 106 valence electrons. The lowest BCUT2D eigenvalue weighted by molar-refractivity contribution is -0.118. The minimum absolute atomic E-state index is 0.0740. The molecular weight excluding hydrogens is 264 g/mol. The molecule has 0 unspecified atom stereocenters. The van der Waals surface area contributed by atoms with Crippen molar-refractivity contribution in [2.24, 2.45) is 12.8 Å². The molecule has 0 saturated carbocycles. The van der Waals surface area contributed by atoms with Crippen LogP contribution < -0.4 is 5.73 Å². The highest BCUT2D eigenvalue weighted by Crippen LogP contribution is 2.22. The van der Waals surface area contributed by atoms with Crippen LogP contribution in [0, 0.1) is 0 Å². The molecule has 9 heteroatoms. The van der Waals surface area contributed by atoms with E-state index in [-0.39, 0.29) is 18.7 Å². The highest BCUT2D eigenvalue weighted by molar-refractivity contribution is 5.93. The van der Waals surface area contributed by atoms with Crippen LogP contribution in [-0.4, -0.2) is 43.8 Å². The van der Waals surface area contributed by atoms with Crippen molar-refractivity contribution in [3.8, 4) is 11.3 Å². The largest absolute Gasteiger partial charge is 0.464 e. The van der Waals surface area contributed by atoms with Gasteiger partial charge in [0.25, 0.3) is 0 Å². The summed E-state index contributed by atoms with van der Waals surface area (Å²) in [5.74, 6) is -1.06. The number of hydrogen-bond donors (Lipinski definition) is 1. The van der Waals surface area contributed by atoms with Gasteiger partial charge in [-0.3, -0.25) is 9.48 Å². The number of carbonyl (C=O) groups excluding carboxylic acids is 2. The predicted octanol–water partition coefficient (Wildman–Crippen LogP) is -0.659. The van der Waals surface area contributed by atoms with Crippen molar-refractivity contribution in [3.05, 3.63) is 18.1 Å². The number of amides is 1. The van der Waals surface area contributed by atoms with Gasteiger partial charge in [0.15, 0.2) is 5.69 Å². The fourth-order valence-corrected chi connectivity index (χ4v) is 1.75. The normalized spacial score (nSPS) is 10.5. The Morgan fingerprint density at radius 2 is 2.20 bits per heavy atom. The first kappa shape index (κ1) is 13.7. The highest BCUT2D eigenvalue weighted by atomic mass is 16.5. The van der Waals surface area contributed by atoms with Gasteiger partial charge in [-0.15, -0.1) is 5.10 Å². The fraction of sp³-hybridized carbons (Fsp3) is 0.364. The molecule has 0 atom stereocenters. The SMILES string of the molecule is COC(=O)c1nnn(CCC(N)=O)c1-c1cnn(C)c1. The number of ether oxygens (including phenoxy) is 1. The van der Waals surface area contributed by atoms with E-state index in [0.29, 0.717) is 11.3 Å². The summed E-state index contributed by atoms with van der Waals surface area (Å²) >= 11 is 0. The van der Waals surface area contributed by atoms with Crippen molar-refractivity contribution in [3.63, 3.8) is 0 Å². The second-order valence-corrected chi connectivity index (χ2v) is 4.12. The van der Waals surface area contributed by atoms with Crippen molar-refractivity contribution < 1.29 is 14.3 Å². The van der Waals surface area contributed by atoms with E-state index in [1.165, 1.54) is 11.8 Å². The van der Waals surface area contributed by atoms with E-state index in [1.807, 2.05) is 0 Å². The zero-order valence-electron chi connectivity index (χ0n) is 11.1. The monoisotopic (exact) mass is 278 g/mol. The number of primary amides is 1. The Bertz CT molecular complexity index is 644. The molecule has 0 saturated heterocycles. The lowest BCUT2D eigenvalue weighted by Crippen LogP contribution is -2.15. The molecule has 0 radical (unpaired) electrons. The topological polar surface area (TPSA) is 118 Å². The zero-order valence-corrected chi connectivity index (χ0v) is 11.1. The third-order valence-corrected chi connectivity index (χ3v) is 2.66. The molecule has 0 aliphatic rings. The Kier molecular flexibility index (Phi) is 3.78. The first-order chi connectivity index (χ1) is 9.52. The number of aromatic nitrogens is 5. The molecule has 0 aliphatic carbocycles. The summed E-state index contributed by atoms with van der Waals surface area (Å²) < 4.78 is 7.69. The van der Waals surface area contributed by atoms with E-state index in [9.17, 15) is 9.59 Å². The maximum Gasteiger partial charge on any atom is 0.360 e. The van der Waals surface area contributed by atoms with Crippen LogP contribution >= 0.6 is 0 Å². The second-order valence-electron chi connectivity index (χ2n) is 4.12. The third-order valence-electron chi connectivity index (χ3n) is 2.66. The number of methoxy groups -OCH3 is 1. The van der Waals surface area contributed by atoms with Gasteiger partial charge in [-0.05, 0) is 0 Å². The van der Waals surface area contributed by atoms with Gasteiger partial charge in [0.1, 0.15) is 5.69 Å². The maximum absolute atomic E-state index is 11.7. The number of nitrogens with zero attached hydrogens (tertiary/aromatic N) is 5. The molecule has 20 heavy (non-hydrogen) atoms. The molecule has 0 aromatic carbocycles. The first-order valence-corrected chi connectivity index (χ1v) is 5.82. The lowest BCUT2D eigenvalue weighted by Gasteiger charge is -2.04. The van der Waals surface area contributed by atoms with Gasteiger partial charge < -0.3 is 10.5 Å². The van der Waals surface area contributed by atoms with E-state index >= 15 is 0 Å². The first-order valence-electron chi connectivity index (χ1n) is 5.82. The van der Waals surface area contributed by atoms with Gasteiger partial charge in [0.05, 0.1) is 19.9 Å². The molecule has 1 amide bonds. The van der Waals surface area contributed by atoms with Crippen molar-refractivity contribution in [2.75, 3.05) is 7.11 Å². The Balaban J connectivity index is 2.45. The van der Waals surface area contributed by atoms with Gasteiger partial charge in [-0.2, -0.15) is 5.10 Å². The van der Waals surface area contributed by atoms with Gasteiger partial charge in [-0.1, -0.05) is 5.21 Å². The van der Waals surface area contributed by atoms with Crippen molar-refractivity contribution in [1.29, 1.82) is 0 Å². The van der Waals surface area contributed by atoms with Crippen LogP contribution in [0.5, 0.6) is 0 Å². The van der Waals surface area contributed by atoms with Gasteiger partial charge in [0, 0.05) is 25.2 Å². The average molecular weight is 278 g/mol. The minimum Gasteiger partial charge on any atom is -0.464 e. The third kappa shape index (κ3) is 2.66. The Morgan fingerprint density at radius 1 is 1.45 bits per heavy atom. The van der Waals surface area contributed by atoms with E-state index < -0.39 is 11.9 Å². The Morgan fingerprint density at radius 3 is 2.75 bits per heavy atom. The predicted molar refractivity (Wildman–Crippen MR) is 67.4 cm³/mol. The zero-order chi connectivity index (χ0) is 14.7. The van der Waals surface area contributed by atoms with E-state index in [0.717, 1.165) is 0 Å².